The molecule has 168 valence electrons. The number of piperazine rings is 1. The number of aromatic nitrogens is 4. The van der Waals surface area contributed by atoms with Gasteiger partial charge in [0.1, 0.15) is 11.6 Å². The lowest BCUT2D eigenvalue weighted by Gasteiger charge is -2.36. The number of anilines is 1. The smallest absolute Gasteiger partial charge is 0.255 e. The highest BCUT2D eigenvalue weighted by Crippen LogP contribution is 2.29. The number of benzene rings is 2. The molecule has 4 aromatic rings. The van der Waals surface area contributed by atoms with Crippen LogP contribution in [-0.2, 0) is 0 Å². The van der Waals surface area contributed by atoms with E-state index in [-0.39, 0.29) is 11.8 Å². The highest BCUT2D eigenvalue weighted by molar-refractivity contribution is 6.33. The molecule has 0 bridgehead atoms. The summed E-state index contributed by atoms with van der Waals surface area (Å²) < 4.78 is 1.86. The first-order chi connectivity index (χ1) is 16.0. The average molecular weight is 461 g/mol. The van der Waals surface area contributed by atoms with Crippen LogP contribution >= 0.6 is 11.6 Å². The lowest BCUT2D eigenvalue weighted by atomic mass is 10.1. The number of rotatable bonds is 4. The molecule has 0 saturated carbocycles. The Labute approximate surface area is 197 Å². The first kappa shape index (κ1) is 21.4. The molecule has 2 aromatic heterocycles. The Morgan fingerprint density at radius 3 is 2.33 bits per heavy atom. The van der Waals surface area contributed by atoms with Crippen molar-refractivity contribution in [1.82, 2.24) is 24.6 Å². The zero-order chi connectivity index (χ0) is 22.9. The van der Waals surface area contributed by atoms with Crippen molar-refractivity contribution in [1.29, 1.82) is 0 Å². The van der Waals surface area contributed by atoms with Crippen molar-refractivity contribution in [3.63, 3.8) is 0 Å². The van der Waals surface area contributed by atoms with Gasteiger partial charge in [-0.15, -0.1) is 0 Å². The second-order valence-corrected chi connectivity index (χ2v) is 8.86. The molecule has 0 spiro atoms. The highest BCUT2D eigenvalue weighted by Gasteiger charge is 2.26. The molecule has 1 amide bonds. The molecule has 0 radical (unpaired) electrons. The molecule has 8 heteroatoms. The van der Waals surface area contributed by atoms with Crippen LogP contribution in [-0.4, -0.2) is 56.7 Å². The van der Waals surface area contributed by atoms with Crippen molar-refractivity contribution in [3.8, 4) is 5.69 Å². The maximum Gasteiger partial charge on any atom is 0.255 e. The third-order valence-electron chi connectivity index (χ3n) is 5.91. The van der Waals surface area contributed by atoms with Gasteiger partial charge in [-0.05, 0) is 24.3 Å². The van der Waals surface area contributed by atoms with Gasteiger partial charge in [-0.2, -0.15) is 5.10 Å². The van der Waals surface area contributed by atoms with Gasteiger partial charge in [0.15, 0.2) is 5.65 Å². The van der Waals surface area contributed by atoms with Gasteiger partial charge in [0.05, 0.1) is 27.9 Å². The normalized spacial score (nSPS) is 14.3. The van der Waals surface area contributed by atoms with Crippen LogP contribution in [0.15, 0.2) is 60.8 Å². The van der Waals surface area contributed by atoms with Crippen molar-refractivity contribution in [2.75, 3.05) is 31.1 Å². The van der Waals surface area contributed by atoms with E-state index >= 15 is 0 Å². The summed E-state index contributed by atoms with van der Waals surface area (Å²) in [5.74, 6) is 1.80. The van der Waals surface area contributed by atoms with E-state index < -0.39 is 0 Å². The predicted molar refractivity (Wildman–Crippen MR) is 130 cm³/mol. The molecule has 0 aliphatic carbocycles. The van der Waals surface area contributed by atoms with Gasteiger partial charge in [0.2, 0.25) is 0 Å². The maximum atomic E-state index is 13.0. The quantitative estimate of drug-likeness (QED) is 0.446. The van der Waals surface area contributed by atoms with E-state index in [9.17, 15) is 4.79 Å². The van der Waals surface area contributed by atoms with E-state index in [1.807, 2.05) is 58.2 Å². The number of nitrogens with zero attached hydrogens (tertiary/aromatic N) is 6. The van der Waals surface area contributed by atoms with E-state index in [4.69, 9.17) is 21.6 Å². The lowest BCUT2D eigenvalue weighted by molar-refractivity contribution is 0.0747. The van der Waals surface area contributed by atoms with Crippen LogP contribution in [0.2, 0.25) is 5.02 Å². The zero-order valence-corrected chi connectivity index (χ0v) is 19.4. The van der Waals surface area contributed by atoms with Crippen LogP contribution in [0.1, 0.15) is 35.9 Å². The van der Waals surface area contributed by atoms with Crippen LogP contribution in [0.5, 0.6) is 0 Å². The summed E-state index contributed by atoms with van der Waals surface area (Å²) in [6.07, 6.45) is 1.84. The lowest BCUT2D eigenvalue weighted by Crippen LogP contribution is -2.49. The molecule has 3 heterocycles. The fraction of sp³-hybridized carbons (Fsp3) is 0.280. The Morgan fingerprint density at radius 2 is 1.64 bits per heavy atom. The van der Waals surface area contributed by atoms with E-state index in [0.29, 0.717) is 36.8 Å². The number of hydrogen-bond donors (Lipinski definition) is 0. The summed E-state index contributed by atoms with van der Waals surface area (Å²) >= 11 is 6.24. The van der Waals surface area contributed by atoms with Crippen molar-refractivity contribution >= 4 is 34.4 Å². The van der Waals surface area contributed by atoms with Crippen molar-refractivity contribution in [2.24, 2.45) is 0 Å². The largest absolute Gasteiger partial charge is 0.352 e. The first-order valence-electron chi connectivity index (χ1n) is 11.1. The van der Waals surface area contributed by atoms with Gasteiger partial charge < -0.3 is 9.80 Å². The topological polar surface area (TPSA) is 67.2 Å². The van der Waals surface area contributed by atoms with Crippen LogP contribution in [0.25, 0.3) is 16.7 Å². The Morgan fingerprint density at radius 1 is 0.939 bits per heavy atom. The van der Waals surface area contributed by atoms with E-state index in [1.165, 1.54) is 0 Å². The number of para-hydroxylation sites is 1. The van der Waals surface area contributed by atoms with Crippen LogP contribution < -0.4 is 4.90 Å². The van der Waals surface area contributed by atoms with Crippen LogP contribution in [0.4, 0.5) is 5.82 Å². The zero-order valence-electron chi connectivity index (χ0n) is 18.6. The van der Waals surface area contributed by atoms with Gasteiger partial charge in [-0.1, -0.05) is 55.8 Å². The second kappa shape index (κ2) is 8.83. The highest BCUT2D eigenvalue weighted by atomic mass is 35.5. The SMILES string of the molecule is CC(C)c1nc(N2CCN(C(=O)c3ccccc3Cl)CC2)c2cnn(-c3ccccc3)c2n1. The summed E-state index contributed by atoms with van der Waals surface area (Å²) in [5.41, 5.74) is 2.30. The molecule has 2 aromatic carbocycles. The van der Waals surface area contributed by atoms with Crippen molar-refractivity contribution in [2.45, 2.75) is 19.8 Å². The molecule has 7 nitrogen and oxygen atoms in total. The van der Waals surface area contributed by atoms with E-state index in [2.05, 4.69) is 23.8 Å². The summed E-state index contributed by atoms with van der Waals surface area (Å²) in [7, 11) is 0. The third kappa shape index (κ3) is 4.04. The first-order valence-corrected chi connectivity index (χ1v) is 11.5. The van der Waals surface area contributed by atoms with E-state index in [0.717, 1.165) is 28.4 Å². The van der Waals surface area contributed by atoms with Gasteiger partial charge in [0.25, 0.3) is 5.91 Å². The minimum Gasteiger partial charge on any atom is -0.352 e. The Bertz CT molecular complexity index is 1300. The van der Waals surface area contributed by atoms with Gasteiger partial charge in [0, 0.05) is 32.1 Å². The molecule has 0 atom stereocenters. The molecule has 5 rings (SSSR count). The number of carbonyl (C=O) groups is 1. The Balaban J connectivity index is 1.45. The van der Waals surface area contributed by atoms with Gasteiger partial charge >= 0.3 is 0 Å². The summed E-state index contributed by atoms with van der Waals surface area (Å²) in [6, 6.07) is 17.2. The summed E-state index contributed by atoms with van der Waals surface area (Å²) in [4.78, 5) is 26.8. The molecule has 0 unspecified atom stereocenters. The number of hydrogen-bond acceptors (Lipinski definition) is 5. The van der Waals surface area contributed by atoms with Gasteiger partial charge in [-0.25, -0.2) is 14.6 Å². The maximum absolute atomic E-state index is 13.0. The van der Waals surface area contributed by atoms with Crippen molar-refractivity contribution < 1.29 is 4.79 Å². The molecule has 1 aliphatic rings. The third-order valence-corrected chi connectivity index (χ3v) is 6.24. The number of carbonyl (C=O) groups excluding carboxylic acids is 1. The summed E-state index contributed by atoms with van der Waals surface area (Å²) in [6.45, 7) is 6.73. The Kier molecular flexibility index (Phi) is 5.72. The average Bonchev–Trinajstić information content (AvgIpc) is 3.28. The monoisotopic (exact) mass is 460 g/mol. The van der Waals surface area contributed by atoms with E-state index in [1.54, 1.807) is 12.1 Å². The van der Waals surface area contributed by atoms with Crippen LogP contribution in [0.3, 0.4) is 0 Å². The minimum absolute atomic E-state index is 0.0344. The molecule has 1 saturated heterocycles. The molecule has 33 heavy (non-hydrogen) atoms. The predicted octanol–water partition coefficient (Wildman–Crippen LogP) is 4.55. The standard InChI is InChI=1S/C25H25ClN6O/c1-17(2)22-28-23(20-16-27-32(24(20)29-22)18-8-4-3-5-9-18)30-12-14-31(15-13-30)25(33)19-10-6-7-11-21(19)26/h3-11,16-17H,12-15H2,1-2H3. The fourth-order valence-electron chi connectivity index (χ4n) is 4.09. The number of amides is 1. The molecular formula is C25H25ClN6O. The van der Waals surface area contributed by atoms with Crippen molar-refractivity contribution in [3.05, 3.63) is 77.2 Å². The number of fused-ring (bicyclic) bond motifs is 1. The Hall–Kier alpha value is -3.45. The van der Waals surface area contributed by atoms with Crippen LogP contribution in [0, 0.1) is 0 Å². The molecule has 1 fully saturated rings. The molecule has 0 N–H and O–H groups in total. The fourth-order valence-corrected chi connectivity index (χ4v) is 4.31. The summed E-state index contributed by atoms with van der Waals surface area (Å²) in [5, 5.41) is 6.02. The van der Waals surface area contributed by atoms with Gasteiger partial charge in [-0.3, -0.25) is 4.79 Å². The number of halogens is 1. The second-order valence-electron chi connectivity index (χ2n) is 8.45. The molecule has 1 aliphatic heterocycles. The molecular weight excluding hydrogens is 436 g/mol. The minimum atomic E-state index is -0.0344.